The molecular formula is C13H20OS. The molecule has 0 amide bonds. The highest BCUT2D eigenvalue weighted by molar-refractivity contribution is 8.02. The van der Waals surface area contributed by atoms with Gasteiger partial charge >= 0.3 is 0 Å². The van der Waals surface area contributed by atoms with E-state index in [0.29, 0.717) is 17.6 Å². The van der Waals surface area contributed by atoms with Crippen LogP contribution in [0.1, 0.15) is 40.0 Å². The van der Waals surface area contributed by atoms with E-state index in [0.717, 1.165) is 11.3 Å². The number of carbonyl (C=O) groups is 1. The first-order valence-electron chi connectivity index (χ1n) is 5.95. The molecule has 0 spiro atoms. The lowest BCUT2D eigenvalue weighted by Crippen LogP contribution is -2.22. The molecule has 2 heteroatoms. The Hall–Kier alpha value is -0.240. The molecule has 0 aromatic carbocycles. The molecule has 2 aliphatic carbocycles. The lowest BCUT2D eigenvalue weighted by atomic mass is 9.85. The van der Waals surface area contributed by atoms with Crippen LogP contribution in [-0.2, 0) is 4.79 Å². The summed E-state index contributed by atoms with van der Waals surface area (Å²) in [7, 11) is 0. The van der Waals surface area contributed by atoms with Gasteiger partial charge in [-0.2, -0.15) is 0 Å². The van der Waals surface area contributed by atoms with Gasteiger partial charge in [0.15, 0.2) is 5.78 Å². The average Bonchev–Trinajstić information content (AvgIpc) is 2.93. The van der Waals surface area contributed by atoms with E-state index in [2.05, 4.69) is 26.2 Å². The minimum Gasteiger partial charge on any atom is -0.294 e. The monoisotopic (exact) mass is 224 g/mol. The van der Waals surface area contributed by atoms with Gasteiger partial charge in [0.05, 0.1) is 0 Å². The van der Waals surface area contributed by atoms with Crippen LogP contribution >= 0.6 is 11.8 Å². The molecule has 0 saturated heterocycles. The van der Waals surface area contributed by atoms with Crippen LogP contribution in [0.3, 0.4) is 0 Å². The fourth-order valence-electron chi connectivity index (χ4n) is 2.56. The van der Waals surface area contributed by atoms with Crippen LogP contribution < -0.4 is 0 Å². The van der Waals surface area contributed by atoms with Crippen LogP contribution in [0.5, 0.6) is 0 Å². The number of Topliss-reactive ketones (excluding diaryl/α,β-unsaturated/α-hetero) is 1. The van der Waals surface area contributed by atoms with E-state index in [4.69, 9.17) is 0 Å². The summed E-state index contributed by atoms with van der Waals surface area (Å²) in [5, 5.41) is 2.15. The number of unbranched alkanes of at least 4 members (excludes halogenated alkanes) is 1. The van der Waals surface area contributed by atoms with Crippen molar-refractivity contribution in [1.29, 1.82) is 0 Å². The maximum absolute atomic E-state index is 12.1. The summed E-state index contributed by atoms with van der Waals surface area (Å²) in [6.07, 6.45) is 3.74. The Morgan fingerprint density at radius 2 is 2.27 bits per heavy atom. The van der Waals surface area contributed by atoms with E-state index >= 15 is 0 Å². The highest BCUT2D eigenvalue weighted by atomic mass is 32.2. The minimum atomic E-state index is -0.0676. The number of hydrogen-bond acceptors (Lipinski definition) is 2. The Labute approximate surface area is 96.7 Å². The van der Waals surface area contributed by atoms with Gasteiger partial charge in [-0.1, -0.05) is 27.2 Å². The zero-order valence-corrected chi connectivity index (χ0v) is 10.7. The second kappa shape index (κ2) is 3.97. The standard InChI is InChI=1S/C13H20OS/c1-4-5-6-15-8-10-9-7-11(9)13(2,3)12(10)14/h8-9,11H,4-7H2,1-3H3/b10-8+/t9-,11-/m0/s1. The SMILES string of the molecule is CCCCS/C=C1/C(=O)C(C)(C)[C@H]2C[C@@H]12. The number of rotatable bonds is 4. The van der Waals surface area contributed by atoms with E-state index in [1.807, 2.05) is 11.8 Å². The van der Waals surface area contributed by atoms with Crippen molar-refractivity contribution >= 4 is 17.5 Å². The Bertz CT molecular complexity index is 304. The van der Waals surface area contributed by atoms with Gasteiger partial charge in [-0.25, -0.2) is 0 Å². The smallest absolute Gasteiger partial charge is 0.165 e. The van der Waals surface area contributed by atoms with E-state index < -0.39 is 0 Å². The number of ketones is 1. The molecule has 2 rings (SSSR count). The summed E-state index contributed by atoms with van der Waals surface area (Å²) in [6.45, 7) is 6.42. The van der Waals surface area contributed by atoms with Gasteiger partial charge in [0.25, 0.3) is 0 Å². The molecule has 15 heavy (non-hydrogen) atoms. The Kier molecular flexibility index (Phi) is 2.98. The molecular weight excluding hydrogens is 204 g/mol. The van der Waals surface area contributed by atoms with Crippen LogP contribution in [0.2, 0.25) is 0 Å². The maximum atomic E-state index is 12.1. The van der Waals surface area contributed by atoms with Gasteiger partial charge in [-0.05, 0) is 35.8 Å². The second-order valence-electron chi connectivity index (χ2n) is 5.30. The van der Waals surface area contributed by atoms with Crippen LogP contribution in [0, 0.1) is 17.3 Å². The predicted octanol–water partition coefficient (Wildman–Crippen LogP) is 3.65. The van der Waals surface area contributed by atoms with Gasteiger partial charge < -0.3 is 0 Å². The van der Waals surface area contributed by atoms with Gasteiger partial charge in [0.1, 0.15) is 0 Å². The predicted molar refractivity (Wildman–Crippen MR) is 65.8 cm³/mol. The molecule has 2 aliphatic rings. The molecule has 0 radical (unpaired) electrons. The maximum Gasteiger partial charge on any atom is 0.165 e. The van der Waals surface area contributed by atoms with E-state index in [-0.39, 0.29) is 5.41 Å². The van der Waals surface area contributed by atoms with Gasteiger partial charge in [-0.15, -0.1) is 11.8 Å². The zero-order valence-electron chi connectivity index (χ0n) is 9.88. The molecule has 0 aromatic rings. The molecule has 1 nitrogen and oxygen atoms in total. The number of hydrogen-bond donors (Lipinski definition) is 0. The third-order valence-electron chi connectivity index (χ3n) is 3.79. The first-order chi connectivity index (χ1) is 7.09. The normalized spacial score (nSPS) is 34.6. The summed E-state index contributed by atoms with van der Waals surface area (Å²) in [5.41, 5.74) is 1.06. The summed E-state index contributed by atoms with van der Waals surface area (Å²) in [5.74, 6) is 2.84. The van der Waals surface area contributed by atoms with Crippen LogP contribution in [0.4, 0.5) is 0 Å². The van der Waals surface area contributed by atoms with Crippen molar-refractivity contribution in [3.05, 3.63) is 11.0 Å². The van der Waals surface area contributed by atoms with Crippen LogP contribution in [0.15, 0.2) is 11.0 Å². The van der Waals surface area contributed by atoms with E-state index in [9.17, 15) is 4.79 Å². The fraction of sp³-hybridized carbons (Fsp3) is 0.769. The first-order valence-corrected chi connectivity index (χ1v) is 7.00. The van der Waals surface area contributed by atoms with E-state index in [1.165, 1.54) is 19.3 Å². The quantitative estimate of drug-likeness (QED) is 0.535. The van der Waals surface area contributed by atoms with E-state index in [1.54, 1.807) is 0 Å². The fourth-order valence-corrected chi connectivity index (χ4v) is 3.60. The van der Waals surface area contributed by atoms with Crippen molar-refractivity contribution in [3.8, 4) is 0 Å². The molecule has 0 unspecified atom stereocenters. The number of fused-ring (bicyclic) bond motifs is 1. The second-order valence-corrected chi connectivity index (χ2v) is 6.27. The van der Waals surface area contributed by atoms with Crippen molar-refractivity contribution in [2.45, 2.75) is 40.0 Å². The molecule has 0 heterocycles. The van der Waals surface area contributed by atoms with Gasteiger partial charge in [0.2, 0.25) is 0 Å². The summed E-state index contributed by atoms with van der Waals surface area (Å²) in [6, 6.07) is 0. The van der Waals surface area contributed by atoms with Crippen molar-refractivity contribution in [1.82, 2.24) is 0 Å². The molecule has 0 aliphatic heterocycles. The highest BCUT2D eigenvalue weighted by Crippen LogP contribution is 2.62. The van der Waals surface area contributed by atoms with Crippen molar-refractivity contribution in [3.63, 3.8) is 0 Å². The molecule has 2 saturated carbocycles. The molecule has 2 atom stereocenters. The minimum absolute atomic E-state index is 0.0676. The molecule has 84 valence electrons. The Balaban J connectivity index is 1.97. The topological polar surface area (TPSA) is 17.1 Å². The number of thioether (sulfide) groups is 1. The van der Waals surface area contributed by atoms with Crippen LogP contribution in [-0.4, -0.2) is 11.5 Å². The zero-order chi connectivity index (χ0) is 11.1. The largest absolute Gasteiger partial charge is 0.294 e. The highest BCUT2D eigenvalue weighted by Gasteiger charge is 2.61. The third-order valence-corrected chi connectivity index (χ3v) is 4.74. The van der Waals surface area contributed by atoms with Crippen molar-refractivity contribution < 1.29 is 4.79 Å². The average molecular weight is 224 g/mol. The van der Waals surface area contributed by atoms with Crippen LogP contribution in [0.25, 0.3) is 0 Å². The molecule has 2 fully saturated rings. The summed E-state index contributed by atoms with van der Waals surface area (Å²) in [4.78, 5) is 12.1. The molecule has 0 aromatic heterocycles. The van der Waals surface area contributed by atoms with Gasteiger partial charge in [0, 0.05) is 11.0 Å². The third kappa shape index (κ3) is 1.89. The number of carbonyl (C=O) groups excluding carboxylic acids is 1. The summed E-state index contributed by atoms with van der Waals surface area (Å²) >= 11 is 1.83. The van der Waals surface area contributed by atoms with Crippen molar-refractivity contribution in [2.75, 3.05) is 5.75 Å². The van der Waals surface area contributed by atoms with Crippen molar-refractivity contribution in [2.24, 2.45) is 17.3 Å². The Morgan fingerprint density at radius 3 is 2.80 bits per heavy atom. The Morgan fingerprint density at radius 1 is 1.53 bits per heavy atom. The first kappa shape index (κ1) is 11.3. The molecule has 0 N–H and O–H groups in total. The summed E-state index contributed by atoms with van der Waals surface area (Å²) < 4.78 is 0. The van der Waals surface area contributed by atoms with Gasteiger partial charge in [-0.3, -0.25) is 4.79 Å². The lowest BCUT2D eigenvalue weighted by Gasteiger charge is -2.17. The number of allylic oxidation sites excluding steroid dienone is 1. The lowest BCUT2D eigenvalue weighted by molar-refractivity contribution is -0.122. The molecule has 0 bridgehead atoms.